The van der Waals surface area contributed by atoms with E-state index in [9.17, 15) is 4.79 Å². The fraction of sp³-hybridized carbons (Fsp3) is 0. The quantitative estimate of drug-likeness (QED) is 0.487. The van der Waals surface area contributed by atoms with Crippen LogP contribution in [0.3, 0.4) is 0 Å². The summed E-state index contributed by atoms with van der Waals surface area (Å²) in [5.74, 6) is -0.267. The molecule has 0 heterocycles. The number of carbonyl (C=O) groups excluding carboxylic acids is 2. The van der Waals surface area contributed by atoms with Gasteiger partial charge in [-0.1, -0.05) is 60.6 Å². The summed E-state index contributed by atoms with van der Waals surface area (Å²) in [5.41, 5.74) is 0.671. The van der Waals surface area contributed by atoms with Crippen molar-refractivity contribution < 1.29 is 12.3 Å². The van der Waals surface area contributed by atoms with E-state index >= 15 is 0 Å². The Hall–Kier alpha value is -2.51. The third-order valence-electron chi connectivity index (χ3n) is 1.91. The molecule has 17 heavy (non-hydrogen) atoms. The van der Waals surface area contributed by atoms with Gasteiger partial charge in [0.25, 0.3) is 0 Å². The van der Waals surface area contributed by atoms with Gasteiger partial charge in [-0.25, -0.2) is 10.2 Å². The van der Waals surface area contributed by atoms with Crippen molar-refractivity contribution in [3.8, 4) is 0 Å². The summed E-state index contributed by atoms with van der Waals surface area (Å²) in [6.45, 7) is 0. The zero-order chi connectivity index (χ0) is 14.3. The average molecular weight is 227 g/mol. The van der Waals surface area contributed by atoms with Crippen molar-refractivity contribution in [3.63, 3.8) is 0 Å². The van der Waals surface area contributed by atoms with Gasteiger partial charge in [0, 0.05) is 11.1 Å². The molecular formula is C14H11NO2. The van der Waals surface area contributed by atoms with Crippen LogP contribution in [0, 0.1) is 5.41 Å². The summed E-state index contributed by atoms with van der Waals surface area (Å²) >= 11 is 0. The molecule has 0 radical (unpaired) electrons. The van der Waals surface area contributed by atoms with E-state index in [2.05, 4.69) is 0 Å². The number of hydrogen-bond donors (Lipinski definition) is 1. The van der Waals surface area contributed by atoms with Crippen molar-refractivity contribution in [2.75, 3.05) is 0 Å². The van der Waals surface area contributed by atoms with E-state index in [1.54, 1.807) is 48.5 Å². The monoisotopic (exact) mass is 227 g/mol. The third-order valence-corrected chi connectivity index (χ3v) is 1.91. The number of carbonyl (C=O) groups is 1. The highest BCUT2D eigenvalue weighted by Crippen LogP contribution is 2.08. The highest BCUT2D eigenvalue weighted by Gasteiger charge is 2.06. The standard InChI is InChI=1S/C13H10O.CHNO/c14-13(11-7-3-1-4-8-11)12-9-5-2-6-10-12;2-1-3/h1-10H;2H/i7D,9D;. The molecule has 0 saturated heterocycles. The van der Waals surface area contributed by atoms with Gasteiger partial charge >= 0.3 is 0 Å². The lowest BCUT2D eigenvalue weighted by molar-refractivity contribution is 0.103. The van der Waals surface area contributed by atoms with Gasteiger partial charge in [-0.05, 0) is 0 Å². The molecule has 0 unspecified atom stereocenters. The van der Waals surface area contributed by atoms with Gasteiger partial charge in [0.2, 0.25) is 6.08 Å². The van der Waals surface area contributed by atoms with Crippen LogP contribution in [0.2, 0.25) is 0 Å². The number of isocyanates is 1. The van der Waals surface area contributed by atoms with Crippen molar-refractivity contribution in [2.45, 2.75) is 0 Å². The van der Waals surface area contributed by atoms with E-state index in [0.717, 1.165) is 6.08 Å². The van der Waals surface area contributed by atoms with E-state index in [1.165, 1.54) is 0 Å². The molecule has 0 aliphatic carbocycles. The van der Waals surface area contributed by atoms with E-state index in [4.69, 9.17) is 12.9 Å². The van der Waals surface area contributed by atoms with Gasteiger partial charge in [-0.15, -0.1) is 0 Å². The molecule has 0 saturated carbocycles. The highest BCUT2D eigenvalue weighted by molar-refractivity contribution is 6.08. The molecule has 3 heteroatoms. The van der Waals surface area contributed by atoms with E-state index in [-0.39, 0.29) is 17.9 Å². The minimum absolute atomic E-state index is 0.191. The van der Waals surface area contributed by atoms with Gasteiger partial charge in [0.15, 0.2) is 5.78 Å². The first kappa shape index (κ1) is 9.70. The van der Waals surface area contributed by atoms with E-state index < -0.39 is 0 Å². The van der Waals surface area contributed by atoms with Gasteiger partial charge in [0.05, 0.1) is 2.74 Å². The third kappa shape index (κ3) is 3.86. The Labute approximate surface area is 102 Å². The molecular weight excluding hydrogens is 214 g/mol. The second-order valence-corrected chi connectivity index (χ2v) is 2.98. The second-order valence-electron chi connectivity index (χ2n) is 2.98. The largest absolute Gasteiger partial charge is 0.289 e. The SMILES string of the molecule is N=C=O.[2H]c1ccccc1C(=O)c1ccccc1[2H]. The Bertz CT molecular complexity index is 573. The molecule has 0 atom stereocenters. The summed E-state index contributed by atoms with van der Waals surface area (Å²) in [5, 5.41) is 5.40. The van der Waals surface area contributed by atoms with Gasteiger partial charge in [0.1, 0.15) is 0 Å². The van der Waals surface area contributed by atoms with Gasteiger partial charge in [-0.3, -0.25) is 4.79 Å². The molecule has 1 N–H and O–H groups in total. The number of ketones is 1. The van der Waals surface area contributed by atoms with Crippen LogP contribution in [0.25, 0.3) is 0 Å². The second kappa shape index (κ2) is 6.88. The lowest BCUT2D eigenvalue weighted by Gasteiger charge is -1.99. The van der Waals surface area contributed by atoms with Crippen LogP contribution in [0.1, 0.15) is 18.7 Å². The minimum atomic E-state index is -0.267. The Morgan fingerprint density at radius 1 is 1.00 bits per heavy atom. The minimum Gasteiger partial charge on any atom is -0.289 e. The first-order valence-electron chi connectivity index (χ1n) is 5.81. The van der Waals surface area contributed by atoms with Crippen LogP contribution < -0.4 is 0 Å². The Morgan fingerprint density at radius 3 is 1.76 bits per heavy atom. The number of benzene rings is 2. The molecule has 0 bridgehead atoms. The van der Waals surface area contributed by atoms with Crippen molar-refractivity contribution >= 4 is 11.9 Å². The van der Waals surface area contributed by atoms with Crippen molar-refractivity contribution in [1.82, 2.24) is 0 Å². The Kier molecular flexibility index (Phi) is 3.92. The van der Waals surface area contributed by atoms with Crippen LogP contribution in [0.5, 0.6) is 0 Å². The zero-order valence-electron chi connectivity index (χ0n) is 10.9. The average Bonchev–Trinajstić information content (AvgIpc) is 2.40. The fourth-order valence-electron chi connectivity index (χ4n) is 1.21. The normalized spacial score (nSPS) is 10.1. The van der Waals surface area contributed by atoms with Crippen LogP contribution in [0.4, 0.5) is 0 Å². The summed E-state index contributed by atoms with van der Waals surface area (Å²) in [4.78, 5) is 20.4. The lowest BCUT2D eigenvalue weighted by Crippen LogP contribution is -1.99. The van der Waals surface area contributed by atoms with Crippen molar-refractivity contribution in [1.29, 1.82) is 5.41 Å². The first-order chi connectivity index (χ1) is 9.11. The summed E-state index contributed by atoms with van der Waals surface area (Å²) in [6.07, 6.45) is 0.750. The maximum atomic E-state index is 12.0. The molecule has 2 rings (SSSR count). The molecule has 2 aromatic rings. The Morgan fingerprint density at radius 2 is 1.41 bits per heavy atom. The van der Waals surface area contributed by atoms with Crippen LogP contribution in [-0.2, 0) is 4.79 Å². The van der Waals surface area contributed by atoms with Gasteiger partial charge in [-0.2, -0.15) is 0 Å². The topological polar surface area (TPSA) is 58.0 Å². The molecule has 0 spiro atoms. The molecule has 2 aromatic carbocycles. The van der Waals surface area contributed by atoms with Crippen molar-refractivity contribution in [2.24, 2.45) is 0 Å². The van der Waals surface area contributed by atoms with Crippen molar-refractivity contribution in [3.05, 3.63) is 71.7 Å². The zero-order valence-corrected chi connectivity index (χ0v) is 8.94. The molecule has 0 aliphatic rings. The number of rotatable bonds is 2. The molecule has 3 nitrogen and oxygen atoms in total. The van der Waals surface area contributed by atoms with Gasteiger partial charge < -0.3 is 0 Å². The summed E-state index contributed by atoms with van der Waals surface area (Å²) in [7, 11) is 0. The number of hydrogen-bond acceptors (Lipinski definition) is 3. The maximum Gasteiger partial charge on any atom is 0.231 e. The lowest BCUT2D eigenvalue weighted by atomic mass is 10.0. The molecule has 0 fully saturated rings. The summed E-state index contributed by atoms with van der Waals surface area (Å²) < 4.78 is 15.3. The van der Waals surface area contributed by atoms with Crippen LogP contribution in [0.15, 0.2) is 60.6 Å². The van der Waals surface area contributed by atoms with E-state index in [1.807, 2.05) is 0 Å². The predicted octanol–water partition coefficient (Wildman–Crippen LogP) is 2.82. The van der Waals surface area contributed by atoms with Crippen LogP contribution >= 0.6 is 0 Å². The molecule has 84 valence electrons. The molecule has 0 aromatic heterocycles. The molecule has 0 amide bonds. The number of nitrogens with one attached hydrogen (secondary N) is 1. The van der Waals surface area contributed by atoms with Crippen LogP contribution in [-0.4, -0.2) is 11.9 Å². The molecule has 0 aliphatic heterocycles. The first-order valence-corrected chi connectivity index (χ1v) is 4.81. The highest BCUT2D eigenvalue weighted by atomic mass is 16.1. The maximum absolute atomic E-state index is 12.0. The fourth-order valence-corrected chi connectivity index (χ4v) is 1.21. The van der Waals surface area contributed by atoms with E-state index in [0.29, 0.717) is 11.1 Å². The smallest absolute Gasteiger partial charge is 0.231 e. The predicted molar refractivity (Wildman–Crippen MR) is 64.7 cm³/mol. The summed E-state index contributed by atoms with van der Waals surface area (Å²) in [6, 6.07) is 13.6. The Balaban J connectivity index is 0.000000550.